The van der Waals surface area contributed by atoms with Crippen LogP contribution in [0.1, 0.15) is 18.1 Å². The van der Waals surface area contributed by atoms with Crippen molar-refractivity contribution >= 4 is 35.3 Å². The molecule has 0 saturated carbocycles. The maximum absolute atomic E-state index is 12.0. The van der Waals surface area contributed by atoms with Gasteiger partial charge < -0.3 is 19.5 Å². The molecule has 0 aliphatic carbocycles. The fourth-order valence-electron chi connectivity index (χ4n) is 2.84. The van der Waals surface area contributed by atoms with Crippen LogP contribution in [0, 0.1) is 0 Å². The molecule has 0 bridgehead atoms. The molecule has 0 heterocycles. The first kappa shape index (κ1) is 24.6. The Morgan fingerprint density at radius 1 is 0.971 bits per heavy atom. The molecule has 0 fully saturated rings. The Bertz CT molecular complexity index is 1170. The number of halogens is 1. The molecule has 2 amide bonds. The second-order valence-corrected chi connectivity index (χ2v) is 7.31. The van der Waals surface area contributed by atoms with E-state index < -0.39 is 11.8 Å². The number of hydrogen-bond acceptors (Lipinski definition) is 6. The minimum absolute atomic E-state index is 0.284. The summed E-state index contributed by atoms with van der Waals surface area (Å²) in [6.45, 7) is 2.58. The van der Waals surface area contributed by atoms with Crippen LogP contribution in [0.5, 0.6) is 17.2 Å². The van der Waals surface area contributed by atoms with Crippen LogP contribution in [-0.2, 0) is 16.2 Å². The van der Waals surface area contributed by atoms with Gasteiger partial charge in [0.2, 0.25) is 0 Å². The van der Waals surface area contributed by atoms with Gasteiger partial charge in [0, 0.05) is 16.3 Å². The second kappa shape index (κ2) is 12.3. The first-order valence-electron chi connectivity index (χ1n) is 10.4. The van der Waals surface area contributed by atoms with Crippen LogP contribution < -0.4 is 25.0 Å². The van der Waals surface area contributed by atoms with Crippen LogP contribution in [0.2, 0.25) is 5.02 Å². The lowest BCUT2D eigenvalue weighted by molar-refractivity contribution is -0.136. The van der Waals surface area contributed by atoms with Crippen LogP contribution in [0.15, 0.2) is 71.8 Å². The largest absolute Gasteiger partial charge is 0.497 e. The van der Waals surface area contributed by atoms with Gasteiger partial charge in [0.1, 0.15) is 12.4 Å². The van der Waals surface area contributed by atoms with Gasteiger partial charge in [0.05, 0.1) is 19.9 Å². The molecule has 0 radical (unpaired) electrons. The molecule has 0 unspecified atom stereocenters. The van der Waals surface area contributed by atoms with Crippen molar-refractivity contribution in [2.24, 2.45) is 5.10 Å². The number of carbonyl (C=O) groups excluding carboxylic acids is 2. The Labute approximate surface area is 202 Å². The van der Waals surface area contributed by atoms with Crippen molar-refractivity contribution in [1.82, 2.24) is 5.43 Å². The van der Waals surface area contributed by atoms with Crippen molar-refractivity contribution in [3.8, 4) is 17.2 Å². The van der Waals surface area contributed by atoms with E-state index in [9.17, 15) is 9.59 Å². The summed E-state index contributed by atoms with van der Waals surface area (Å²) >= 11 is 6.18. The fraction of sp³-hybridized carbons (Fsp3) is 0.160. The highest BCUT2D eigenvalue weighted by Crippen LogP contribution is 2.29. The number of hydrazone groups is 1. The third-order valence-electron chi connectivity index (χ3n) is 4.54. The normalized spacial score (nSPS) is 10.6. The van der Waals surface area contributed by atoms with Crippen molar-refractivity contribution in [2.75, 3.05) is 19.0 Å². The Kier molecular flexibility index (Phi) is 8.88. The lowest BCUT2D eigenvalue weighted by atomic mass is 10.2. The van der Waals surface area contributed by atoms with E-state index in [0.717, 1.165) is 5.56 Å². The number of nitrogens with one attached hydrogen (secondary N) is 2. The highest BCUT2D eigenvalue weighted by Gasteiger charge is 2.13. The molecule has 2 N–H and O–H groups in total. The molecule has 8 nitrogen and oxygen atoms in total. The number of benzene rings is 3. The second-order valence-electron chi connectivity index (χ2n) is 6.90. The molecule has 0 aromatic heterocycles. The summed E-state index contributed by atoms with van der Waals surface area (Å²) in [6.07, 6.45) is 1.40. The maximum atomic E-state index is 12.0. The molecule has 0 saturated heterocycles. The summed E-state index contributed by atoms with van der Waals surface area (Å²) in [5.41, 5.74) is 4.15. The van der Waals surface area contributed by atoms with Gasteiger partial charge >= 0.3 is 11.8 Å². The molecule has 3 rings (SSSR count). The van der Waals surface area contributed by atoms with E-state index in [-0.39, 0.29) is 6.61 Å². The third-order valence-corrected chi connectivity index (χ3v) is 4.91. The molecule has 0 aliphatic rings. The van der Waals surface area contributed by atoms with Crippen LogP contribution in [0.25, 0.3) is 0 Å². The summed E-state index contributed by atoms with van der Waals surface area (Å²) < 4.78 is 16.6. The van der Waals surface area contributed by atoms with E-state index in [1.807, 2.05) is 25.1 Å². The zero-order valence-corrected chi connectivity index (χ0v) is 19.5. The van der Waals surface area contributed by atoms with Gasteiger partial charge in [-0.1, -0.05) is 29.8 Å². The first-order valence-corrected chi connectivity index (χ1v) is 10.8. The number of carbonyl (C=O) groups is 2. The molecule has 0 spiro atoms. The monoisotopic (exact) mass is 481 g/mol. The number of amides is 2. The van der Waals surface area contributed by atoms with Crippen molar-refractivity contribution in [3.63, 3.8) is 0 Å². The molecule has 0 aliphatic heterocycles. The average molecular weight is 482 g/mol. The number of ether oxygens (including phenoxy) is 3. The Balaban J connectivity index is 1.58. The van der Waals surface area contributed by atoms with Crippen molar-refractivity contribution < 1.29 is 23.8 Å². The van der Waals surface area contributed by atoms with Gasteiger partial charge in [0.15, 0.2) is 11.5 Å². The number of nitrogens with zero attached hydrogens (tertiary/aromatic N) is 1. The van der Waals surface area contributed by atoms with Gasteiger partial charge in [-0.25, -0.2) is 5.43 Å². The molecule has 176 valence electrons. The maximum Gasteiger partial charge on any atom is 0.329 e. The lowest BCUT2D eigenvalue weighted by Crippen LogP contribution is -2.32. The summed E-state index contributed by atoms with van der Waals surface area (Å²) in [5.74, 6) is -0.0555. The SMILES string of the molecule is CCOc1cc(C=NNC(=O)C(=O)Nc2ccc(OC)cc2)ccc1OCc1ccccc1Cl. The fourth-order valence-corrected chi connectivity index (χ4v) is 3.03. The van der Waals surface area contributed by atoms with Crippen molar-refractivity contribution in [2.45, 2.75) is 13.5 Å². The van der Waals surface area contributed by atoms with Crippen LogP contribution in [-0.4, -0.2) is 31.7 Å². The molecule has 0 atom stereocenters. The summed E-state index contributed by atoms with van der Waals surface area (Å²) in [7, 11) is 1.54. The van der Waals surface area contributed by atoms with Gasteiger partial charge in [-0.2, -0.15) is 5.10 Å². The first-order chi connectivity index (χ1) is 16.5. The molecule has 9 heteroatoms. The highest BCUT2D eigenvalue weighted by molar-refractivity contribution is 6.39. The molecular formula is C25H24ClN3O5. The number of rotatable bonds is 9. The van der Waals surface area contributed by atoms with E-state index in [1.54, 1.807) is 48.5 Å². The summed E-state index contributed by atoms with van der Waals surface area (Å²) in [5, 5.41) is 6.95. The number of hydrogen-bond donors (Lipinski definition) is 2. The highest BCUT2D eigenvalue weighted by atomic mass is 35.5. The van der Waals surface area contributed by atoms with Gasteiger partial charge in [-0.15, -0.1) is 0 Å². The zero-order chi connectivity index (χ0) is 24.3. The minimum atomic E-state index is -0.906. The molecular weight excluding hydrogens is 458 g/mol. The van der Waals surface area contributed by atoms with E-state index in [0.29, 0.717) is 40.1 Å². The van der Waals surface area contributed by atoms with Crippen LogP contribution in [0.4, 0.5) is 5.69 Å². The van der Waals surface area contributed by atoms with E-state index in [4.69, 9.17) is 25.8 Å². The van der Waals surface area contributed by atoms with Gasteiger partial charge in [-0.05, 0) is 61.0 Å². The van der Waals surface area contributed by atoms with Crippen LogP contribution in [0.3, 0.4) is 0 Å². The third kappa shape index (κ3) is 6.98. The quantitative estimate of drug-likeness (QED) is 0.268. The number of methoxy groups -OCH3 is 1. The summed E-state index contributed by atoms with van der Waals surface area (Å²) in [4.78, 5) is 24.0. The molecule has 3 aromatic rings. The Hall–Kier alpha value is -4.04. The molecule has 34 heavy (non-hydrogen) atoms. The van der Waals surface area contributed by atoms with Crippen LogP contribution >= 0.6 is 11.6 Å². The van der Waals surface area contributed by atoms with Crippen molar-refractivity contribution in [3.05, 3.63) is 82.9 Å². The molecule has 3 aromatic carbocycles. The van der Waals surface area contributed by atoms with E-state index in [2.05, 4.69) is 15.8 Å². The standard InChI is InChI=1S/C25H24ClN3O5/c1-3-33-23-14-17(8-13-22(23)34-16-18-6-4-5-7-21(18)26)15-27-29-25(31)24(30)28-19-9-11-20(32-2)12-10-19/h4-15H,3,16H2,1-2H3,(H,28,30)(H,29,31). The predicted octanol–water partition coefficient (Wildman–Crippen LogP) is 4.42. The summed E-state index contributed by atoms with van der Waals surface area (Å²) in [6, 6.07) is 19.2. The topological polar surface area (TPSA) is 98.2 Å². The van der Waals surface area contributed by atoms with E-state index in [1.165, 1.54) is 13.3 Å². The van der Waals surface area contributed by atoms with Gasteiger partial charge in [-0.3, -0.25) is 9.59 Å². The van der Waals surface area contributed by atoms with E-state index >= 15 is 0 Å². The Morgan fingerprint density at radius 3 is 2.44 bits per heavy atom. The minimum Gasteiger partial charge on any atom is -0.497 e. The smallest absolute Gasteiger partial charge is 0.329 e. The van der Waals surface area contributed by atoms with Crippen molar-refractivity contribution in [1.29, 1.82) is 0 Å². The lowest BCUT2D eigenvalue weighted by Gasteiger charge is -2.13. The Morgan fingerprint density at radius 2 is 1.74 bits per heavy atom. The zero-order valence-electron chi connectivity index (χ0n) is 18.7. The number of anilines is 1. The predicted molar refractivity (Wildman–Crippen MR) is 131 cm³/mol. The van der Waals surface area contributed by atoms with Gasteiger partial charge in [0.25, 0.3) is 0 Å². The average Bonchev–Trinajstić information content (AvgIpc) is 2.85.